The number of allylic oxidation sites excluding steroid dienone is 2. The van der Waals surface area contributed by atoms with Gasteiger partial charge in [0.1, 0.15) is 0 Å². The van der Waals surface area contributed by atoms with Gasteiger partial charge in [0.2, 0.25) is 0 Å². The Kier molecular flexibility index (Phi) is 4.59. The largest absolute Gasteiger partial charge is 0.387 e. The van der Waals surface area contributed by atoms with Crippen molar-refractivity contribution in [2.24, 2.45) is 10.9 Å². The highest BCUT2D eigenvalue weighted by atomic mass is 14.9. The highest BCUT2D eigenvalue weighted by Crippen LogP contribution is 2.04. The van der Waals surface area contributed by atoms with Gasteiger partial charge in [0.05, 0.1) is 11.4 Å². The summed E-state index contributed by atoms with van der Waals surface area (Å²) in [5.74, 6) is 0.485. The van der Waals surface area contributed by atoms with Crippen molar-refractivity contribution in [2.75, 3.05) is 14.1 Å². The third-order valence-corrected chi connectivity index (χ3v) is 1.62. The van der Waals surface area contributed by atoms with Gasteiger partial charge < -0.3 is 5.32 Å². The molecule has 0 aromatic rings. The SMILES string of the molecule is C/C=C(NC)\C(=N/C)C(C)C. The molecular formula is C9H18N2. The molecule has 0 radical (unpaired) electrons. The molecule has 0 heterocycles. The fraction of sp³-hybridized carbons (Fsp3) is 0.667. The van der Waals surface area contributed by atoms with E-state index in [4.69, 9.17) is 0 Å². The summed E-state index contributed by atoms with van der Waals surface area (Å²) in [7, 11) is 3.75. The predicted octanol–water partition coefficient (Wildman–Crippen LogP) is 1.84. The Balaban J connectivity index is 4.51. The lowest BCUT2D eigenvalue weighted by Gasteiger charge is -2.12. The van der Waals surface area contributed by atoms with Gasteiger partial charge in [-0.25, -0.2) is 0 Å². The maximum atomic E-state index is 4.22. The van der Waals surface area contributed by atoms with Crippen molar-refractivity contribution in [1.82, 2.24) is 5.32 Å². The lowest BCUT2D eigenvalue weighted by molar-refractivity contribution is 0.859. The maximum absolute atomic E-state index is 4.22. The van der Waals surface area contributed by atoms with Gasteiger partial charge in [-0.15, -0.1) is 0 Å². The Hall–Kier alpha value is -0.790. The highest BCUT2D eigenvalue weighted by molar-refractivity contribution is 6.00. The van der Waals surface area contributed by atoms with Crippen LogP contribution in [0.15, 0.2) is 16.8 Å². The quantitative estimate of drug-likeness (QED) is 0.616. The van der Waals surface area contributed by atoms with Gasteiger partial charge in [-0.3, -0.25) is 4.99 Å². The molecule has 0 aliphatic carbocycles. The first kappa shape index (κ1) is 10.2. The van der Waals surface area contributed by atoms with E-state index in [0.29, 0.717) is 5.92 Å². The molecule has 2 heteroatoms. The summed E-state index contributed by atoms with van der Waals surface area (Å²) in [6, 6.07) is 0. The third-order valence-electron chi connectivity index (χ3n) is 1.62. The minimum atomic E-state index is 0.485. The minimum absolute atomic E-state index is 0.485. The zero-order valence-corrected chi connectivity index (χ0v) is 8.10. The Morgan fingerprint density at radius 2 is 2.00 bits per heavy atom. The van der Waals surface area contributed by atoms with E-state index in [9.17, 15) is 0 Å². The number of hydrogen-bond donors (Lipinski definition) is 1. The monoisotopic (exact) mass is 154 g/mol. The molecule has 0 aliphatic heterocycles. The molecule has 0 atom stereocenters. The smallest absolute Gasteiger partial charge is 0.0597 e. The van der Waals surface area contributed by atoms with Gasteiger partial charge in [-0.05, 0) is 12.8 Å². The first-order chi connectivity index (χ1) is 5.17. The molecule has 0 saturated carbocycles. The second-order valence-electron chi connectivity index (χ2n) is 2.72. The molecule has 0 saturated heterocycles. The van der Waals surface area contributed by atoms with E-state index in [1.54, 1.807) is 0 Å². The number of hydrogen-bond acceptors (Lipinski definition) is 2. The van der Waals surface area contributed by atoms with Crippen molar-refractivity contribution in [3.05, 3.63) is 11.8 Å². The lowest BCUT2D eigenvalue weighted by atomic mass is 10.1. The van der Waals surface area contributed by atoms with Crippen LogP contribution >= 0.6 is 0 Å². The van der Waals surface area contributed by atoms with Gasteiger partial charge in [0, 0.05) is 14.1 Å². The highest BCUT2D eigenvalue weighted by Gasteiger charge is 2.06. The van der Waals surface area contributed by atoms with Gasteiger partial charge in [0.25, 0.3) is 0 Å². The summed E-state index contributed by atoms with van der Waals surface area (Å²) in [6.45, 7) is 6.30. The summed E-state index contributed by atoms with van der Waals surface area (Å²) < 4.78 is 0. The van der Waals surface area contributed by atoms with Crippen LogP contribution in [0.5, 0.6) is 0 Å². The lowest BCUT2D eigenvalue weighted by Crippen LogP contribution is -2.20. The molecule has 11 heavy (non-hydrogen) atoms. The molecule has 0 aliphatic rings. The van der Waals surface area contributed by atoms with E-state index in [2.05, 4.69) is 24.2 Å². The van der Waals surface area contributed by atoms with E-state index < -0.39 is 0 Å². The van der Waals surface area contributed by atoms with Crippen LogP contribution < -0.4 is 5.32 Å². The summed E-state index contributed by atoms with van der Waals surface area (Å²) in [6.07, 6.45) is 2.04. The maximum Gasteiger partial charge on any atom is 0.0597 e. The van der Waals surface area contributed by atoms with Gasteiger partial charge >= 0.3 is 0 Å². The number of rotatable bonds is 3. The van der Waals surface area contributed by atoms with Crippen LogP contribution in [0.2, 0.25) is 0 Å². The number of nitrogens with zero attached hydrogens (tertiary/aromatic N) is 1. The van der Waals surface area contributed by atoms with Crippen LogP contribution in [0, 0.1) is 5.92 Å². The third kappa shape index (κ3) is 2.74. The molecule has 64 valence electrons. The zero-order valence-electron chi connectivity index (χ0n) is 8.10. The molecule has 0 spiro atoms. The molecule has 2 nitrogen and oxygen atoms in total. The molecule has 1 N–H and O–H groups in total. The Labute approximate surface area is 69.4 Å². The minimum Gasteiger partial charge on any atom is -0.387 e. The van der Waals surface area contributed by atoms with Crippen molar-refractivity contribution in [3.8, 4) is 0 Å². The molecule has 0 rings (SSSR count). The molecular weight excluding hydrogens is 136 g/mol. The zero-order chi connectivity index (χ0) is 8.85. The summed E-state index contributed by atoms with van der Waals surface area (Å²) >= 11 is 0. The number of nitrogens with one attached hydrogen (secondary N) is 1. The van der Waals surface area contributed by atoms with Crippen molar-refractivity contribution in [3.63, 3.8) is 0 Å². The Morgan fingerprint density at radius 1 is 1.45 bits per heavy atom. The van der Waals surface area contributed by atoms with Gasteiger partial charge in [-0.1, -0.05) is 19.9 Å². The van der Waals surface area contributed by atoms with Crippen molar-refractivity contribution in [1.29, 1.82) is 0 Å². The van der Waals surface area contributed by atoms with Crippen LogP contribution in [0.4, 0.5) is 0 Å². The van der Waals surface area contributed by atoms with Crippen LogP contribution in [-0.2, 0) is 0 Å². The molecule has 0 aromatic heterocycles. The fourth-order valence-electron chi connectivity index (χ4n) is 1.11. The van der Waals surface area contributed by atoms with E-state index in [1.807, 2.05) is 27.1 Å². The fourth-order valence-corrected chi connectivity index (χ4v) is 1.11. The first-order valence-corrected chi connectivity index (χ1v) is 3.98. The molecule has 0 amide bonds. The predicted molar refractivity (Wildman–Crippen MR) is 51.0 cm³/mol. The molecule has 0 bridgehead atoms. The van der Waals surface area contributed by atoms with Crippen LogP contribution in [0.3, 0.4) is 0 Å². The Bertz CT molecular complexity index is 166. The van der Waals surface area contributed by atoms with Crippen molar-refractivity contribution >= 4 is 5.71 Å². The standard InChI is InChI=1S/C9H18N2/c1-6-8(10-4)9(11-5)7(2)3/h6-7,10H,1-5H3/b8-6+,11-9-. The summed E-state index contributed by atoms with van der Waals surface area (Å²) in [5, 5.41) is 3.11. The topological polar surface area (TPSA) is 24.4 Å². The van der Waals surface area contributed by atoms with E-state index >= 15 is 0 Å². The van der Waals surface area contributed by atoms with Crippen molar-refractivity contribution in [2.45, 2.75) is 20.8 Å². The van der Waals surface area contributed by atoms with Crippen LogP contribution in [-0.4, -0.2) is 19.8 Å². The van der Waals surface area contributed by atoms with Gasteiger partial charge in [0.15, 0.2) is 0 Å². The van der Waals surface area contributed by atoms with E-state index in [0.717, 1.165) is 11.4 Å². The molecule has 0 aromatic carbocycles. The van der Waals surface area contributed by atoms with E-state index in [-0.39, 0.29) is 0 Å². The van der Waals surface area contributed by atoms with Crippen LogP contribution in [0.25, 0.3) is 0 Å². The average molecular weight is 154 g/mol. The summed E-state index contributed by atoms with van der Waals surface area (Å²) in [5.41, 5.74) is 2.26. The van der Waals surface area contributed by atoms with E-state index in [1.165, 1.54) is 0 Å². The summed E-state index contributed by atoms with van der Waals surface area (Å²) in [4.78, 5) is 4.22. The van der Waals surface area contributed by atoms with Crippen molar-refractivity contribution < 1.29 is 0 Å². The average Bonchev–Trinajstić information content (AvgIpc) is 1.99. The van der Waals surface area contributed by atoms with Crippen LogP contribution in [0.1, 0.15) is 20.8 Å². The second kappa shape index (κ2) is 4.94. The Morgan fingerprint density at radius 3 is 2.09 bits per heavy atom. The second-order valence-corrected chi connectivity index (χ2v) is 2.72. The molecule has 0 unspecified atom stereocenters. The first-order valence-electron chi connectivity index (χ1n) is 3.98. The van der Waals surface area contributed by atoms with Gasteiger partial charge in [-0.2, -0.15) is 0 Å². The molecule has 0 fully saturated rings. The normalized spacial score (nSPS) is 14.0. The number of aliphatic imine (C=N–C) groups is 1.